The number of nitrogens with zero attached hydrogens (tertiary/aromatic N) is 2. The van der Waals surface area contributed by atoms with E-state index in [0.29, 0.717) is 11.3 Å². The Kier molecular flexibility index (Phi) is 6.55. The molecule has 1 aliphatic rings. The summed E-state index contributed by atoms with van der Waals surface area (Å²) in [4.78, 5) is 35.1. The summed E-state index contributed by atoms with van der Waals surface area (Å²) >= 11 is 0. The summed E-state index contributed by atoms with van der Waals surface area (Å²) in [6.45, 7) is 2.16. The van der Waals surface area contributed by atoms with Gasteiger partial charge in [0, 0.05) is 46.3 Å². The lowest BCUT2D eigenvalue weighted by molar-refractivity contribution is -0.130. The van der Waals surface area contributed by atoms with Crippen molar-refractivity contribution < 1.29 is 9.59 Å². The Labute approximate surface area is 210 Å². The van der Waals surface area contributed by atoms with Gasteiger partial charge in [-0.1, -0.05) is 50.1 Å². The van der Waals surface area contributed by atoms with Crippen LogP contribution >= 0.6 is 0 Å². The van der Waals surface area contributed by atoms with Gasteiger partial charge in [-0.15, -0.1) is 6.42 Å². The Morgan fingerprint density at radius 3 is 2.58 bits per heavy atom. The SMILES string of the molecule is C#CC(=O)N1[C@@H](CCCC)Cc2c([nH]c3ccccc23)[C@@H]1c1ccc(NC(=O)c2ccncc2)cc1. The molecule has 5 rings (SSSR count). The van der Waals surface area contributed by atoms with Crippen LogP contribution < -0.4 is 5.32 Å². The number of aromatic amines is 1. The van der Waals surface area contributed by atoms with Crippen molar-refractivity contribution in [1.29, 1.82) is 0 Å². The smallest absolute Gasteiger partial charge is 0.299 e. The minimum Gasteiger partial charge on any atom is -0.356 e. The third-order valence-electron chi connectivity index (χ3n) is 6.91. The van der Waals surface area contributed by atoms with Gasteiger partial charge in [0.1, 0.15) is 0 Å². The van der Waals surface area contributed by atoms with Gasteiger partial charge >= 0.3 is 0 Å². The third kappa shape index (κ3) is 4.36. The predicted molar refractivity (Wildman–Crippen MR) is 141 cm³/mol. The standard InChI is InChI=1S/C30H28N4O2/c1-3-5-8-23-19-25-24-9-6-7-10-26(24)33-28(25)29(34(23)27(35)4-2)20-11-13-22(14-12-20)32-30(36)21-15-17-31-18-16-21/h2,6-7,9-18,23,29,33H,3,5,8,19H2,1H3,(H,32,36)/t23-,29-/m0/s1. The molecule has 2 amide bonds. The summed E-state index contributed by atoms with van der Waals surface area (Å²) in [7, 11) is 0. The Morgan fingerprint density at radius 1 is 1.11 bits per heavy atom. The number of nitrogens with one attached hydrogen (secondary N) is 2. The summed E-state index contributed by atoms with van der Waals surface area (Å²) in [5.74, 6) is 1.86. The van der Waals surface area contributed by atoms with Crippen LogP contribution in [0.3, 0.4) is 0 Å². The number of amides is 2. The molecule has 2 atom stereocenters. The highest BCUT2D eigenvalue weighted by molar-refractivity contribution is 6.04. The monoisotopic (exact) mass is 476 g/mol. The van der Waals surface area contributed by atoms with Crippen LogP contribution in [-0.4, -0.2) is 32.7 Å². The minimum atomic E-state index is -0.337. The number of hydrogen-bond donors (Lipinski definition) is 2. The van der Waals surface area contributed by atoms with E-state index in [1.807, 2.05) is 41.3 Å². The van der Waals surface area contributed by atoms with Crippen molar-refractivity contribution in [2.45, 2.75) is 44.7 Å². The molecule has 6 heteroatoms. The van der Waals surface area contributed by atoms with Crippen molar-refractivity contribution in [2.75, 3.05) is 5.32 Å². The number of terminal acetylenes is 1. The molecule has 1 aliphatic heterocycles. The molecule has 4 aromatic rings. The molecule has 0 bridgehead atoms. The van der Waals surface area contributed by atoms with Gasteiger partial charge in [-0.2, -0.15) is 0 Å². The number of para-hydroxylation sites is 1. The third-order valence-corrected chi connectivity index (χ3v) is 6.91. The summed E-state index contributed by atoms with van der Waals surface area (Å²) < 4.78 is 0. The number of aromatic nitrogens is 2. The van der Waals surface area contributed by atoms with Crippen molar-refractivity contribution in [3.8, 4) is 12.3 Å². The lowest BCUT2D eigenvalue weighted by Gasteiger charge is -2.41. The molecule has 2 N–H and O–H groups in total. The van der Waals surface area contributed by atoms with Gasteiger partial charge in [0.15, 0.2) is 0 Å². The van der Waals surface area contributed by atoms with Crippen LogP contribution in [0.4, 0.5) is 5.69 Å². The summed E-state index contributed by atoms with van der Waals surface area (Å²) in [6.07, 6.45) is 12.6. The highest BCUT2D eigenvalue weighted by Gasteiger charge is 2.39. The molecule has 0 unspecified atom stereocenters. The fourth-order valence-electron chi connectivity index (χ4n) is 5.18. The van der Waals surface area contributed by atoms with Crippen molar-refractivity contribution >= 4 is 28.4 Å². The van der Waals surface area contributed by atoms with Gasteiger partial charge in [-0.05, 0) is 60.2 Å². The highest BCUT2D eigenvalue weighted by Crippen LogP contribution is 2.42. The zero-order valence-electron chi connectivity index (χ0n) is 20.2. The topological polar surface area (TPSA) is 78.1 Å². The van der Waals surface area contributed by atoms with Crippen molar-refractivity contribution in [2.24, 2.45) is 0 Å². The molecule has 180 valence electrons. The number of carbonyl (C=O) groups is 2. The maximum atomic E-state index is 13.1. The fraction of sp³-hybridized carbons (Fsp3) is 0.233. The molecule has 0 spiro atoms. The number of pyridine rings is 1. The number of rotatable bonds is 6. The Morgan fingerprint density at radius 2 is 1.86 bits per heavy atom. The van der Waals surface area contributed by atoms with E-state index in [0.717, 1.165) is 42.5 Å². The first-order valence-corrected chi connectivity index (χ1v) is 12.3. The van der Waals surface area contributed by atoms with Crippen LogP contribution in [0.1, 0.15) is 59.4 Å². The number of hydrogen-bond acceptors (Lipinski definition) is 3. The first-order valence-electron chi connectivity index (χ1n) is 12.3. The maximum absolute atomic E-state index is 13.1. The summed E-state index contributed by atoms with van der Waals surface area (Å²) in [6, 6.07) is 18.9. The molecule has 2 aromatic heterocycles. The van der Waals surface area contributed by atoms with Gasteiger partial charge in [0.2, 0.25) is 0 Å². The Bertz CT molecular complexity index is 1430. The van der Waals surface area contributed by atoms with Gasteiger partial charge in [-0.3, -0.25) is 14.6 Å². The predicted octanol–water partition coefficient (Wildman–Crippen LogP) is 5.48. The molecule has 0 aliphatic carbocycles. The normalized spacial score (nSPS) is 16.8. The van der Waals surface area contributed by atoms with E-state index in [4.69, 9.17) is 6.42 Å². The van der Waals surface area contributed by atoms with Gasteiger partial charge in [-0.25, -0.2) is 0 Å². The largest absolute Gasteiger partial charge is 0.356 e. The van der Waals surface area contributed by atoms with E-state index in [2.05, 4.69) is 40.3 Å². The van der Waals surface area contributed by atoms with E-state index < -0.39 is 0 Å². The van der Waals surface area contributed by atoms with E-state index >= 15 is 0 Å². The molecule has 3 heterocycles. The van der Waals surface area contributed by atoms with Gasteiger partial charge in [0.25, 0.3) is 11.8 Å². The van der Waals surface area contributed by atoms with Crippen LogP contribution in [0.2, 0.25) is 0 Å². The molecule has 2 aromatic carbocycles. The number of H-pyrrole nitrogens is 1. The highest BCUT2D eigenvalue weighted by atomic mass is 16.2. The molecule has 36 heavy (non-hydrogen) atoms. The molecular weight excluding hydrogens is 448 g/mol. The van der Waals surface area contributed by atoms with Crippen LogP contribution in [0, 0.1) is 12.3 Å². The van der Waals surface area contributed by atoms with Crippen LogP contribution in [0.5, 0.6) is 0 Å². The molecular formula is C30H28N4O2. The van der Waals surface area contributed by atoms with E-state index in [-0.39, 0.29) is 23.9 Å². The molecule has 6 nitrogen and oxygen atoms in total. The van der Waals surface area contributed by atoms with E-state index in [9.17, 15) is 9.59 Å². The number of fused-ring (bicyclic) bond motifs is 3. The number of benzene rings is 2. The quantitative estimate of drug-likeness (QED) is 0.362. The second-order valence-electron chi connectivity index (χ2n) is 9.13. The average molecular weight is 477 g/mol. The second-order valence-corrected chi connectivity index (χ2v) is 9.13. The van der Waals surface area contributed by atoms with Crippen LogP contribution in [-0.2, 0) is 11.2 Å². The van der Waals surface area contributed by atoms with Crippen molar-refractivity contribution in [1.82, 2.24) is 14.9 Å². The van der Waals surface area contributed by atoms with Crippen LogP contribution in [0.15, 0.2) is 73.1 Å². The number of carbonyl (C=O) groups excluding carboxylic acids is 2. The molecule has 0 radical (unpaired) electrons. The van der Waals surface area contributed by atoms with Gasteiger partial charge in [0.05, 0.1) is 6.04 Å². The average Bonchev–Trinajstić information content (AvgIpc) is 3.30. The first kappa shape index (κ1) is 23.4. The zero-order chi connectivity index (χ0) is 25.1. The van der Waals surface area contributed by atoms with Gasteiger partial charge < -0.3 is 15.2 Å². The minimum absolute atomic E-state index is 0.0104. The zero-order valence-corrected chi connectivity index (χ0v) is 20.2. The summed E-state index contributed by atoms with van der Waals surface area (Å²) in [5, 5.41) is 4.11. The van der Waals surface area contributed by atoms with E-state index in [1.54, 1.807) is 24.5 Å². The fourth-order valence-corrected chi connectivity index (χ4v) is 5.18. The number of unbranched alkanes of at least 4 members (excludes halogenated alkanes) is 1. The van der Waals surface area contributed by atoms with Crippen LogP contribution in [0.25, 0.3) is 10.9 Å². The maximum Gasteiger partial charge on any atom is 0.299 e. The Balaban J connectivity index is 1.54. The lowest BCUT2D eigenvalue weighted by atomic mass is 9.86. The van der Waals surface area contributed by atoms with Crippen molar-refractivity contribution in [3.63, 3.8) is 0 Å². The second kappa shape index (κ2) is 10.1. The van der Waals surface area contributed by atoms with E-state index in [1.165, 1.54) is 10.9 Å². The Hall–Kier alpha value is -4.37. The first-order chi connectivity index (χ1) is 17.6. The number of anilines is 1. The molecule has 0 saturated carbocycles. The lowest BCUT2D eigenvalue weighted by Crippen LogP contribution is -2.47. The molecule has 0 fully saturated rings. The molecule has 0 saturated heterocycles. The van der Waals surface area contributed by atoms with Crippen molar-refractivity contribution in [3.05, 3.63) is 95.4 Å². The summed E-state index contributed by atoms with van der Waals surface area (Å²) in [5.41, 5.74) is 5.45.